The number of aliphatic hydroxyl groups is 1. The van der Waals surface area contributed by atoms with Crippen LogP contribution in [0.25, 0.3) is 10.4 Å². The van der Waals surface area contributed by atoms with E-state index in [-0.39, 0.29) is 82.4 Å². The van der Waals surface area contributed by atoms with Crippen molar-refractivity contribution in [1.82, 2.24) is 25.8 Å². The van der Waals surface area contributed by atoms with Crippen LogP contribution in [0, 0.1) is 12.3 Å². The second-order valence-corrected chi connectivity index (χ2v) is 16.5. The van der Waals surface area contributed by atoms with Crippen molar-refractivity contribution in [2.45, 2.75) is 97.4 Å². The van der Waals surface area contributed by atoms with E-state index in [1.54, 1.807) is 11.3 Å². The van der Waals surface area contributed by atoms with Crippen LogP contribution in [0.15, 0.2) is 48.0 Å². The Balaban J connectivity index is 0.969. The molecule has 15 heteroatoms. The molecule has 2 aliphatic rings. The van der Waals surface area contributed by atoms with Crippen LogP contribution in [-0.4, -0.2) is 102 Å². The van der Waals surface area contributed by atoms with Gasteiger partial charge in [-0.3, -0.25) is 24.0 Å². The van der Waals surface area contributed by atoms with Crippen LogP contribution in [-0.2, 0) is 52.8 Å². The number of hydrogen-bond donors (Lipinski definition) is 5. The first kappa shape index (κ1) is 43.4. The average Bonchev–Trinajstić information content (AvgIpc) is 3.73. The number of β-amino-alcohol motifs (C(OH)–C–C–N with tert-alkyl or cyclic N) is 1. The number of likely N-dealkylation sites (tertiary alicyclic amines) is 1. The normalized spacial score (nSPS) is 17.3. The fraction of sp³-hybridized carbons (Fsp3) is 0.524. The van der Waals surface area contributed by atoms with Gasteiger partial charge in [-0.2, -0.15) is 0 Å². The van der Waals surface area contributed by atoms with Crippen molar-refractivity contribution in [3.63, 3.8) is 0 Å². The predicted molar refractivity (Wildman–Crippen MR) is 217 cm³/mol. The average molecular weight is 805 g/mol. The molecule has 308 valence electrons. The highest BCUT2D eigenvalue weighted by atomic mass is 32.1. The van der Waals surface area contributed by atoms with Crippen LogP contribution in [0.1, 0.15) is 75.3 Å². The van der Waals surface area contributed by atoms with Crippen LogP contribution in [0.2, 0.25) is 0 Å². The van der Waals surface area contributed by atoms with Crippen molar-refractivity contribution in [3.8, 4) is 10.4 Å². The molecule has 0 saturated carbocycles. The molecule has 0 bridgehead atoms. The molecule has 14 nitrogen and oxygen atoms in total. The van der Waals surface area contributed by atoms with E-state index in [9.17, 15) is 29.1 Å². The molecule has 5 N–H and O–H groups in total. The minimum absolute atomic E-state index is 0.00670. The zero-order valence-corrected chi connectivity index (χ0v) is 34.2. The van der Waals surface area contributed by atoms with E-state index < -0.39 is 29.5 Å². The van der Waals surface area contributed by atoms with Crippen molar-refractivity contribution in [3.05, 3.63) is 70.4 Å². The summed E-state index contributed by atoms with van der Waals surface area (Å²) in [5.74, 6) is -1.28. The summed E-state index contributed by atoms with van der Waals surface area (Å²) >= 11 is 1.57. The molecule has 5 amide bonds. The van der Waals surface area contributed by atoms with Crippen molar-refractivity contribution >= 4 is 46.6 Å². The van der Waals surface area contributed by atoms with E-state index >= 15 is 0 Å². The first-order chi connectivity index (χ1) is 27.3. The van der Waals surface area contributed by atoms with Gasteiger partial charge in [-0.15, -0.1) is 11.3 Å². The second-order valence-electron chi connectivity index (χ2n) is 15.7. The van der Waals surface area contributed by atoms with E-state index in [1.807, 2.05) is 75.7 Å². The van der Waals surface area contributed by atoms with E-state index in [1.165, 1.54) is 4.90 Å². The van der Waals surface area contributed by atoms with E-state index in [0.717, 1.165) is 51.4 Å². The van der Waals surface area contributed by atoms with Crippen LogP contribution in [0.5, 0.6) is 0 Å². The van der Waals surface area contributed by atoms with Crippen molar-refractivity contribution in [2.24, 2.45) is 5.41 Å². The van der Waals surface area contributed by atoms with E-state index in [4.69, 9.17) is 9.47 Å². The van der Waals surface area contributed by atoms with Gasteiger partial charge in [0, 0.05) is 51.0 Å². The number of aliphatic hydroxyl groups excluding tert-OH is 1. The van der Waals surface area contributed by atoms with Gasteiger partial charge >= 0.3 is 0 Å². The third kappa shape index (κ3) is 12.9. The summed E-state index contributed by atoms with van der Waals surface area (Å²) in [6.07, 6.45) is 2.32. The Kier molecular flexibility index (Phi) is 15.7. The SMILES string of the molecule is Cc1ncsc1-c1ccc(CNC(=O)[C@@H]2C[C@@H](O)CN2C(=O)[C@@H](NC(=O)CCOCCOCCC(=O)NCCc2ccc3c(c2)NC(=O)CCC3)C(C)(C)C)cc1. The Bertz CT molecular complexity index is 1860. The number of nitrogens with zero attached hydrogens (tertiary/aromatic N) is 2. The van der Waals surface area contributed by atoms with Gasteiger partial charge in [-0.1, -0.05) is 57.2 Å². The molecular formula is C42H56N6O8S. The highest BCUT2D eigenvalue weighted by Crippen LogP contribution is 2.29. The van der Waals surface area contributed by atoms with Gasteiger partial charge in [-0.05, 0) is 59.9 Å². The molecule has 3 atom stereocenters. The van der Waals surface area contributed by atoms with Crippen LogP contribution < -0.4 is 21.3 Å². The Morgan fingerprint density at radius 2 is 1.67 bits per heavy atom. The first-order valence-corrected chi connectivity index (χ1v) is 20.6. The molecule has 2 aromatic carbocycles. The third-order valence-electron chi connectivity index (χ3n) is 10.1. The number of rotatable bonds is 18. The Morgan fingerprint density at radius 3 is 2.35 bits per heavy atom. The summed E-state index contributed by atoms with van der Waals surface area (Å²) in [7, 11) is 0. The van der Waals surface area contributed by atoms with Gasteiger partial charge in [0.2, 0.25) is 29.5 Å². The van der Waals surface area contributed by atoms with Crippen LogP contribution in [0.3, 0.4) is 0 Å². The Labute approximate surface area is 338 Å². The lowest BCUT2D eigenvalue weighted by Gasteiger charge is -2.35. The minimum Gasteiger partial charge on any atom is -0.391 e. The van der Waals surface area contributed by atoms with Crippen molar-refractivity contribution < 1.29 is 38.6 Å². The smallest absolute Gasteiger partial charge is 0.246 e. The number of thiazole rings is 1. The van der Waals surface area contributed by atoms with Gasteiger partial charge < -0.3 is 40.7 Å². The van der Waals surface area contributed by atoms with Gasteiger partial charge in [0.15, 0.2) is 0 Å². The standard InChI is InChI=1S/C42H56N6O8S/c1-27-38(57-26-45-27)31-12-9-29(10-13-31)24-44-40(53)34-23-32(49)25-48(34)41(54)39(42(2,3)4)47-37(52)16-19-56-21-20-55-18-15-35(50)43-17-14-28-8-11-30-6-5-7-36(51)46-33(30)22-28/h8-13,22,26,32,34,39,49H,5-7,14-21,23-25H2,1-4H3,(H,43,50)(H,44,53)(H,46,51)(H,47,52)/t32-,34+,39-/m1/s1. The maximum atomic E-state index is 13.9. The molecule has 0 aliphatic carbocycles. The topological polar surface area (TPSA) is 188 Å². The molecule has 0 spiro atoms. The van der Waals surface area contributed by atoms with Gasteiger partial charge in [0.05, 0.1) is 48.6 Å². The molecule has 1 saturated heterocycles. The number of aryl methyl sites for hydroxylation is 2. The highest BCUT2D eigenvalue weighted by Gasteiger charge is 2.44. The summed E-state index contributed by atoms with van der Waals surface area (Å²) in [6.45, 7) is 8.99. The number of carbonyl (C=O) groups is 5. The van der Waals surface area contributed by atoms with Gasteiger partial charge in [0.25, 0.3) is 0 Å². The lowest BCUT2D eigenvalue weighted by molar-refractivity contribution is -0.144. The first-order valence-electron chi connectivity index (χ1n) is 19.7. The number of benzene rings is 2. The number of hydrogen-bond acceptors (Lipinski definition) is 10. The maximum absolute atomic E-state index is 13.9. The predicted octanol–water partition coefficient (Wildman–Crippen LogP) is 3.67. The Hall–Kier alpha value is -4.70. The summed E-state index contributed by atoms with van der Waals surface area (Å²) < 4.78 is 11.1. The quantitative estimate of drug-likeness (QED) is 0.120. The largest absolute Gasteiger partial charge is 0.391 e. The molecule has 3 aromatic rings. The third-order valence-corrected chi connectivity index (χ3v) is 11.0. The summed E-state index contributed by atoms with van der Waals surface area (Å²) in [5.41, 5.74) is 7.06. The van der Waals surface area contributed by atoms with Gasteiger partial charge in [0.1, 0.15) is 12.1 Å². The lowest BCUT2D eigenvalue weighted by Crippen LogP contribution is -2.57. The number of amides is 5. The Morgan fingerprint density at radius 1 is 0.965 bits per heavy atom. The molecule has 1 fully saturated rings. The summed E-state index contributed by atoms with van der Waals surface area (Å²) in [5, 5.41) is 22.1. The molecule has 5 rings (SSSR count). The van der Waals surface area contributed by atoms with E-state index in [2.05, 4.69) is 26.3 Å². The molecular weight excluding hydrogens is 749 g/mol. The number of anilines is 1. The monoisotopic (exact) mass is 804 g/mol. The van der Waals surface area contributed by atoms with Crippen LogP contribution >= 0.6 is 11.3 Å². The number of fused-ring (bicyclic) bond motifs is 1. The van der Waals surface area contributed by atoms with Crippen molar-refractivity contribution in [1.29, 1.82) is 0 Å². The number of nitrogens with one attached hydrogen (secondary N) is 4. The molecule has 0 radical (unpaired) electrons. The number of carbonyl (C=O) groups excluding carboxylic acids is 5. The molecule has 57 heavy (non-hydrogen) atoms. The fourth-order valence-corrected chi connectivity index (χ4v) is 7.68. The summed E-state index contributed by atoms with van der Waals surface area (Å²) in [6, 6.07) is 12.1. The molecule has 2 aliphatic heterocycles. The highest BCUT2D eigenvalue weighted by molar-refractivity contribution is 7.13. The number of aromatic nitrogens is 1. The zero-order chi connectivity index (χ0) is 41.0. The lowest BCUT2D eigenvalue weighted by atomic mass is 9.85. The summed E-state index contributed by atoms with van der Waals surface area (Å²) in [4.78, 5) is 71.1. The van der Waals surface area contributed by atoms with Crippen LogP contribution in [0.4, 0.5) is 5.69 Å². The zero-order valence-electron chi connectivity index (χ0n) is 33.4. The number of ether oxygens (including phenoxy) is 2. The van der Waals surface area contributed by atoms with Crippen molar-refractivity contribution in [2.75, 3.05) is 44.8 Å². The molecule has 3 heterocycles. The molecule has 0 unspecified atom stereocenters. The second kappa shape index (κ2) is 20.6. The minimum atomic E-state index is -0.937. The molecule has 1 aromatic heterocycles. The maximum Gasteiger partial charge on any atom is 0.246 e. The van der Waals surface area contributed by atoms with Gasteiger partial charge in [-0.25, -0.2) is 4.98 Å². The fourth-order valence-electron chi connectivity index (χ4n) is 6.87. The van der Waals surface area contributed by atoms with E-state index in [0.29, 0.717) is 19.4 Å².